The molecule has 2 atom stereocenters. The maximum absolute atomic E-state index is 12.5. The average Bonchev–Trinajstić information content (AvgIpc) is 2.77. The third kappa shape index (κ3) is 5.73. The number of carbonyl (C=O) groups excluding carboxylic acids is 1. The number of nitrogens with one attached hydrogen (secondary N) is 1. The van der Waals surface area contributed by atoms with Crippen LogP contribution in [-0.2, 0) is 16.1 Å². The number of carbonyl (C=O) groups is 1. The molecular formula is C23H31N3O2. The molecule has 1 heterocycles. The van der Waals surface area contributed by atoms with Crippen LogP contribution in [0.5, 0.6) is 0 Å². The Morgan fingerprint density at radius 2 is 1.96 bits per heavy atom. The van der Waals surface area contributed by atoms with Crippen LogP contribution in [0.3, 0.4) is 0 Å². The number of rotatable bonds is 8. The van der Waals surface area contributed by atoms with E-state index in [0.717, 1.165) is 49.3 Å². The van der Waals surface area contributed by atoms with Gasteiger partial charge in [-0.3, -0.25) is 4.79 Å². The first kappa shape index (κ1) is 20.2. The lowest BCUT2D eigenvalue weighted by molar-refractivity contribution is -0.150. The first-order valence-electron chi connectivity index (χ1n) is 10.2. The Morgan fingerprint density at radius 3 is 2.68 bits per heavy atom. The summed E-state index contributed by atoms with van der Waals surface area (Å²) in [4.78, 5) is 14.8. The second-order valence-electron chi connectivity index (χ2n) is 7.47. The predicted octanol–water partition coefficient (Wildman–Crippen LogP) is 3.80. The van der Waals surface area contributed by atoms with Gasteiger partial charge < -0.3 is 20.7 Å². The highest BCUT2D eigenvalue weighted by molar-refractivity contribution is 5.73. The number of anilines is 2. The Morgan fingerprint density at radius 1 is 1.21 bits per heavy atom. The van der Waals surface area contributed by atoms with Crippen molar-refractivity contribution < 1.29 is 9.53 Å². The fourth-order valence-corrected chi connectivity index (χ4v) is 3.43. The van der Waals surface area contributed by atoms with Gasteiger partial charge in [0.15, 0.2) is 0 Å². The van der Waals surface area contributed by atoms with Crippen molar-refractivity contribution in [2.24, 2.45) is 11.7 Å². The van der Waals surface area contributed by atoms with Gasteiger partial charge in [0.25, 0.3) is 0 Å². The van der Waals surface area contributed by atoms with Crippen molar-refractivity contribution in [3.05, 3.63) is 60.2 Å². The molecule has 0 saturated carbocycles. The molecule has 1 saturated heterocycles. The Hall–Kier alpha value is -2.53. The van der Waals surface area contributed by atoms with Crippen LogP contribution in [0.15, 0.2) is 54.6 Å². The molecule has 3 rings (SSSR count). The molecule has 0 aliphatic carbocycles. The molecular weight excluding hydrogens is 350 g/mol. The number of hydrogen-bond donors (Lipinski definition) is 2. The normalized spacial score (nSPS) is 17.8. The first-order chi connectivity index (χ1) is 13.7. The largest absolute Gasteiger partial charge is 0.461 e. The number of ether oxygens (including phenoxy) is 1. The van der Waals surface area contributed by atoms with Gasteiger partial charge in [0.2, 0.25) is 0 Å². The average molecular weight is 382 g/mol. The lowest BCUT2D eigenvalue weighted by atomic mass is 9.97. The van der Waals surface area contributed by atoms with Gasteiger partial charge in [-0.1, -0.05) is 37.3 Å². The van der Waals surface area contributed by atoms with Crippen LogP contribution in [0.1, 0.15) is 31.7 Å². The van der Waals surface area contributed by atoms with Crippen LogP contribution in [0.4, 0.5) is 11.4 Å². The van der Waals surface area contributed by atoms with Gasteiger partial charge in [-0.15, -0.1) is 0 Å². The number of nitrogens with zero attached hydrogens (tertiary/aromatic N) is 1. The number of esters is 1. The summed E-state index contributed by atoms with van der Waals surface area (Å²) in [6.45, 7) is 4.88. The van der Waals surface area contributed by atoms with Crippen LogP contribution in [0.25, 0.3) is 0 Å². The monoisotopic (exact) mass is 381 g/mol. The summed E-state index contributed by atoms with van der Waals surface area (Å²) in [5.41, 5.74) is 9.20. The van der Waals surface area contributed by atoms with E-state index >= 15 is 0 Å². The highest BCUT2D eigenvalue weighted by Gasteiger charge is 2.27. The quantitative estimate of drug-likeness (QED) is 0.681. The second kappa shape index (κ2) is 10.1. The van der Waals surface area contributed by atoms with E-state index in [1.54, 1.807) is 0 Å². The minimum atomic E-state index is -0.0969. The fourth-order valence-electron chi connectivity index (χ4n) is 3.43. The molecule has 28 heavy (non-hydrogen) atoms. The van der Waals surface area contributed by atoms with Crippen molar-refractivity contribution >= 4 is 17.3 Å². The van der Waals surface area contributed by atoms with Gasteiger partial charge in [-0.2, -0.15) is 0 Å². The van der Waals surface area contributed by atoms with Crippen molar-refractivity contribution in [2.75, 3.05) is 29.9 Å². The van der Waals surface area contributed by atoms with E-state index in [1.807, 2.05) is 30.3 Å². The third-order valence-corrected chi connectivity index (χ3v) is 5.30. The van der Waals surface area contributed by atoms with Gasteiger partial charge in [-0.25, -0.2) is 0 Å². The molecule has 1 fully saturated rings. The van der Waals surface area contributed by atoms with Crippen LogP contribution < -0.4 is 16.0 Å². The van der Waals surface area contributed by atoms with Gasteiger partial charge in [-0.05, 0) is 49.1 Å². The van der Waals surface area contributed by atoms with E-state index in [9.17, 15) is 4.79 Å². The number of nitrogens with two attached hydrogens (primary N) is 1. The first-order valence-corrected chi connectivity index (χ1v) is 10.2. The van der Waals surface area contributed by atoms with Gasteiger partial charge in [0.1, 0.15) is 6.61 Å². The Kier molecular flexibility index (Phi) is 7.31. The molecule has 3 N–H and O–H groups in total. The van der Waals surface area contributed by atoms with Crippen molar-refractivity contribution in [3.63, 3.8) is 0 Å². The molecule has 1 unspecified atom stereocenters. The van der Waals surface area contributed by atoms with E-state index in [2.05, 4.69) is 41.4 Å². The Labute approximate surface area is 167 Å². The van der Waals surface area contributed by atoms with Crippen molar-refractivity contribution in [1.82, 2.24) is 0 Å². The van der Waals surface area contributed by atoms with E-state index in [1.165, 1.54) is 0 Å². The van der Waals surface area contributed by atoms with Crippen molar-refractivity contribution in [2.45, 2.75) is 38.8 Å². The molecule has 0 amide bonds. The van der Waals surface area contributed by atoms with Gasteiger partial charge in [0, 0.05) is 37.1 Å². The molecule has 1 aliphatic rings. The highest BCUT2D eigenvalue weighted by atomic mass is 16.5. The molecule has 150 valence electrons. The summed E-state index contributed by atoms with van der Waals surface area (Å²) in [5, 5.41) is 3.37. The van der Waals surface area contributed by atoms with E-state index in [4.69, 9.17) is 10.5 Å². The lowest BCUT2D eigenvalue weighted by Gasteiger charge is -2.33. The predicted molar refractivity (Wildman–Crippen MR) is 114 cm³/mol. The summed E-state index contributed by atoms with van der Waals surface area (Å²) < 4.78 is 5.55. The maximum Gasteiger partial charge on any atom is 0.311 e. The Bertz CT molecular complexity index is 733. The van der Waals surface area contributed by atoms with Crippen molar-refractivity contribution in [3.8, 4) is 0 Å². The molecule has 0 spiro atoms. The van der Waals surface area contributed by atoms with Gasteiger partial charge >= 0.3 is 5.97 Å². The zero-order valence-corrected chi connectivity index (χ0v) is 16.6. The molecule has 0 aromatic heterocycles. The smallest absolute Gasteiger partial charge is 0.311 e. The lowest BCUT2D eigenvalue weighted by Crippen LogP contribution is -2.39. The van der Waals surface area contributed by atoms with E-state index in [0.29, 0.717) is 13.2 Å². The Balaban J connectivity index is 1.51. The number of hydrogen-bond acceptors (Lipinski definition) is 5. The van der Waals surface area contributed by atoms with Crippen LogP contribution >= 0.6 is 0 Å². The molecule has 0 radical (unpaired) electrons. The summed E-state index contributed by atoms with van der Waals surface area (Å²) in [5.74, 6) is -0.168. The molecule has 2 aromatic rings. The molecule has 2 aromatic carbocycles. The van der Waals surface area contributed by atoms with E-state index < -0.39 is 0 Å². The zero-order valence-electron chi connectivity index (χ0n) is 16.6. The topological polar surface area (TPSA) is 67.6 Å². The van der Waals surface area contributed by atoms with Crippen molar-refractivity contribution in [1.29, 1.82) is 0 Å². The maximum atomic E-state index is 12.5. The zero-order chi connectivity index (χ0) is 19.8. The molecule has 5 heteroatoms. The fraction of sp³-hybridized carbons (Fsp3) is 0.435. The SMILES string of the molecule is CC[C@H](N)CNc1ccc(N2CCCC(C(=O)OCc3ccccc3)C2)cc1. The molecule has 5 nitrogen and oxygen atoms in total. The second-order valence-corrected chi connectivity index (χ2v) is 7.47. The summed E-state index contributed by atoms with van der Waals surface area (Å²) >= 11 is 0. The number of piperidine rings is 1. The van der Waals surface area contributed by atoms with Crippen LogP contribution in [0, 0.1) is 5.92 Å². The number of benzene rings is 2. The summed E-state index contributed by atoms with van der Waals surface area (Å²) in [7, 11) is 0. The van der Waals surface area contributed by atoms with Crippen LogP contribution in [0.2, 0.25) is 0 Å². The van der Waals surface area contributed by atoms with Gasteiger partial charge in [0.05, 0.1) is 5.92 Å². The minimum absolute atomic E-state index is 0.0715. The minimum Gasteiger partial charge on any atom is -0.461 e. The molecule has 0 bridgehead atoms. The highest BCUT2D eigenvalue weighted by Crippen LogP contribution is 2.25. The van der Waals surface area contributed by atoms with Crippen LogP contribution in [-0.4, -0.2) is 31.6 Å². The molecule has 1 aliphatic heterocycles. The third-order valence-electron chi connectivity index (χ3n) is 5.30. The summed E-state index contributed by atoms with van der Waals surface area (Å²) in [6.07, 6.45) is 2.84. The summed E-state index contributed by atoms with van der Waals surface area (Å²) in [6, 6.07) is 18.4. The standard InChI is InChI=1S/C23H31N3O2/c1-2-20(24)15-25-21-10-12-22(13-11-21)26-14-6-9-19(16-26)23(27)28-17-18-7-4-3-5-8-18/h3-5,7-8,10-13,19-20,25H,2,6,9,14-17,24H2,1H3/t19?,20-/m0/s1. The van der Waals surface area contributed by atoms with E-state index in [-0.39, 0.29) is 17.9 Å².